The lowest BCUT2D eigenvalue weighted by atomic mass is 10.1. The molecule has 0 bridgehead atoms. The van der Waals surface area contributed by atoms with E-state index in [-0.39, 0.29) is 16.3 Å². The number of nitrogens with zero attached hydrogens (tertiary/aromatic N) is 1. The summed E-state index contributed by atoms with van der Waals surface area (Å²) in [7, 11) is -3.08. The van der Waals surface area contributed by atoms with Crippen molar-refractivity contribution in [3.8, 4) is 0 Å². The summed E-state index contributed by atoms with van der Waals surface area (Å²) in [5.41, 5.74) is 2.00. The first-order valence-corrected chi connectivity index (χ1v) is 9.24. The predicted molar refractivity (Wildman–Crippen MR) is 82.1 cm³/mol. The predicted octanol–water partition coefficient (Wildman–Crippen LogP) is 2.49. The number of hydrogen-bond acceptors (Lipinski definition) is 4. The van der Waals surface area contributed by atoms with E-state index in [1.54, 1.807) is 16.7 Å². The van der Waals surface area contributed by atoms with E-state index < -0.39 is 9.84 Å². The fraction of sp³-hybridized carbons (Fsp3) is 0.462. The summed E-state index contributed by atoms with van der Waals surface area (Å²) < 4.78 is 29.4. The van der Waals surface area contributed by atoms with Gasteiger partial charge in [-0.3, -0.25) is 4.57 Å². The molecule has 0 saturated heterocycles. The smallest absolute Gasteiger partial charge is 0.408 e. The molecular weight excluding hydrogens is 346 g/mol. The van der Waals surface area contributed by atoms with Crippen LogP contribution in [0.4, 0.5) is 0 Å². The lowest BCUT2D eigenvalue weighted by Crippen LogP contribution is -2.13. The number of rotatable bonds is 5. The Morgan fingerprint density at radius 3 is 2.70 bits per heavy atom. The molecule has 5 nitrogen and oxygen atoms in total. The Morgan fingerprint density at radius 1 is 1.40 bits per heavy atom. The molecule has 110 valence electrons. The molecular formula is C13H16BrNO4S. The van der Waals surface area contributed by atoms with Gasteiger partial charge in [-0.1, -0.05) is 28.9 Å². The number of aromatic nitrogens is 1. The van der Waals surface area contributed by atoms with Crippen molar-refractivity contribution < 1.29 is 12.8 Å². The fourth-order valence-electron chi connectivity index (χ4n) is 2.08. The van der Waals surface area contributed by atoms with Gasteiger partial charge in [0, 0.05) is 12.8 Å². The summed E-state index contributed by atoms with van der Waals surface area (Å²) in [6.07, 6.45) is 2.03. The highest BCUT2D eigenvalue weighted by Gasteiger charge is 2.16. The number of aryl methyl sites for hydroxylation is 1. The van der Waals surface area contributed by atoms with Gasteiger partial charge in [0.15, 0.2) is 5.58 Å². The van der Waals surface area contributed by atoms with Crippen LogP contribution in [-0.2, 0) is 16.4 Å². The van der Waals surface area contributed by atoms with Crippen LogP contribution < -0.4 is 5.76 Å². The normalized spacial score (nSPS) is 13.8. The Labute approximate surface area is 125 Å². The Balaban J connectivity index is 2.42. The second-order valence-electron chi connectivity index (χ2n) is 4.81. The molecule has 7 heteroatoms. The molecule has 1 aromatic heterocycles. The molecule has 0 aliphatic rings. The van der Waals surface area contributed by atoms with Crippen LogP contribution in [-0.4, -0.2) is 25.0 Å². The molecule has 1 heterocycles. The van der Waals surface area contributed by atoms with Crippen LogP contribution in [0.5, 0.6) is 0 Å². The summed E-state index contributed by atoms with van der Waals surface area (Å²) in [5, 5.41) is 0. The van der Waals surface area contributed by atoms with Gasteiger partial charge in [0.2, 0.25) is 0 Å². The van der Waals surface area contributed by atoms with Gasteiger partial charge >= 0.3 is 5.76 Å². The number of alkyl halides is 1. The second-order valence-corrected chi connectivity index (χ2v) is 8.10. The zero-order valence-corrected chi connectivity index (χ0v) is 13.7. The molecule has 0 radical (unpaired) electrons. The van der Waals surface area contributed by atoms with E-state index in [0.717, 1.165) is 17.5 Å². The molecule has 1 unspecified atom stereocenters. The monoisotopic (exact) mass is 361 g/mol. The highest BCUT2D eigenvalue weighted by molar-refractivity contribution is 9.09. The zero-order chi connectivity index (χ0) is 14.9. The van der Waals surface area contributed by atoms with Gasteiger partial charge in [-0.15, -0.1) is 0 Å². The van der Waals surface area contributed by atoms with E-state index in [2.05, 4.69) is 15.9 Å². The molecule has 0 fully saturated rings. The fourth-order valence-corrected chi connectivity index (χ4v) is 4.52. The molecule has 1 atom stereocenters. The van der Waals surface area contributed by atoms with Gasteiger partial charge in [-0.25, -0.2) is 13.2 Å². The molecule has 0 spiro atoms. The van der Waals surface area contributed by atoms with E-state index in [1.165, 1.54) is 6.26 Å². The number of sulfone groups is 1. The van der Waals surface area contributed by atoms with E-state index in [4.69, 9.17) is 4.42 Å². The standard InChI is InChI=1S/C13H16BrNO4S/c1-3-6-15-11-5-4-9(7-12(11)19-13(15)16)10(14)8-20(2,17)18/h4-5,7,10H,3,6,8H2,1-2H3. The van der Waals surface area contributed by atoms with E-state index in [0.29, 0.717) is 12.1 Å². The van der Waals surface area contributed by atoms with Crippen LogP contribution in [0.25, 0.3) is 11.1 Å². The van der Waals surface area contributed by atoms with Crippen LogP contribution in [0.15, 0.2) is 27.4 Å². The van der Waals surface area contributed by atoms with Gasteiger partial charge < -0.3 is 4.42 Å². The highest BCUT2D eigenvalue weighted by Crippen LogP contribution is 2.27. The Hall–Kier alpha value is -1.08. The average molecular weight is 362 g/mol. The van der Waals surface area contributed by atoms with Crippen molar-refractivity contribution in [2.45, 2.75) is 24.7 Å². The Kier molecular flexibility index (Phi) is 4.39. The first-order valence-electron chi connectivity index (χ1n) is 6.27. The summed E-state index contributed by atoms with van der Waals surface area (Å²) in [4.78, 5) is 11.4. The highest BCUT2D eigenvalue weighted by atomic mass is 79.9. The summed E-state index contributed by atoms with van der Waals surface area (Å²) in [5.74, 6) is -0.383. The number of hydrogen-bond donors (Lipinski definition) is 0. The van der Waals surface area contributed by atoms with Gasteiger partial charge in [0.05, 0.1) is 16.1 Å². The van der Waals surface area contributed by atoms with Gasteiger partial charge in [0.1, 0.15) is 9.84 Å². The average Bonchev–Trinajstić information content (AvgIpc) is 2.63. The molecule has 0 saturated carbocycles. The summed E-state index contributed by atoms with van der Waals surface area (Å²) in [6, 6.07) is 5.32. The van der Waals surface area contributed by atoms with Crippen molar-refractivity contribution >= 4 is 36.9 Å². The van der Waals surface area contributed by atoms with Crippen molar-refractivity contribution in [2.24, 2.45) is 0 Å². The maximum atomic E-state index is 11.7. The number of benzene rings is 1. The topological polar surface area (TPSA) is 69.3 Å². The SMILES string of the molecule is CCCn1c(=O)oc2cc(C(Br)CS(C)(=O)=O)ccc21. The van der Waals surface area contributed by atoms with Crippen LogP contribution in [0.3, 0.4) is 0 Å². The third-order valence-electron chi connectivity index (χ3n) is 2.95. The third-order valence-corrected chi connectivity index (χ3v) is 5.17. The minimum Gasteiger partial charge on any atom is -0.408 e. The molecule has 0 aliphatic heterocycles. The van der Waals surface area contributed by atoms with Gasteiger partial charge in [-0.2, -0.15) is 0 Å². The maximum Gasteiger partial charge on any atom is 0.419 e. The van der Waals surface area contributed by atoms with Crippen LogP contribution >= 0.6 is 15.9 Å². The first kappa shape index (κ1) is 15.3. The summed E-state index contributed by atoms with van der Waals surface area (Å²) in [6.45, 7) is 2.59. The van der Waals surface area contributed by atoms with Crippen molar-refractivity contribution in [3.63, 3.8) is 0 Å². The molecule has 2 aromatic rings. The number of fused-ring (bicyclic) bond motifs is 1. The van der Waals surface area contributed by atoms with Crippen molar-refractivity contribution in [1.29, 1.82) is 0 Å². The molecule has 1 aromatic carbocycles. The van der Waals surface area contributed by atoms with Crippen LogP contribution in [0.2, 0.25) is 0 Å². The number of halogens is 1. The molecule has 0 aliphatic carbocycles. The van der Waals surface area contributed by atoms with Crippen molar-refractivity contribution in [3.05, 3.63) is 34.3 Å². The van der Waals surface area contributed by atoms with Crippen molar-refractivity contribution in [2.75, 3.05) is 12.0 Å². The zero-order valence-electron chi connectivity index (χ0n) is 11.3. The van der Waals surface area contributed by atoms with E-state index in [1.807, 2.05) is 13.0 Å². The summed E-state index contributed by atoms with van der Waals surface area (Å²) >= 11 is 3.36. The quantitative estimate of drug-likeness (QED) is 0.767. The van der Waals surface area contributed by atoms with Gasteiger partial charge in [-0.05, 0) is 24.1 Å². The lowest BCUT2D eigenvalue weighted by molar-refractivity contribution is 0.502. The molecule has 0 N–H and O–H groups in total. The van der Waals surface area contributed by atoms with Crippen LogP contribution in [0.1, 0.15) is 23.7 Å². The van der Waals surface area contributed by atoms with E-state index in [9.17, 15) is 13.2 Å². The molecule has 20 heavy (non-hydrogen) atoms. The number of oxazole rings is 1. The largest absolute Gasteiger partial charge is 0.419 e. The Bertz CT molecular complexity index is 775. The minimum absolute atomic E-state index is 0.00158. The molecule has 2 rings (SSSR count). The third kappa shape index (κ3) is 3.32. The lowest BCUT2D eigenvalue weighted by Gasteiger charge is -2.08. The van der Waals surface area contributed by atoms with Crippen LogP contribution in [0, 0.1) is 0 Å². The van der Waals surface area contributed by atoms with Crippen molar-refractivity contribution in [1.82, 2.24) is 4.57 Å². The first-order chi connectivity index (χ1) is 9.31. The van der Waals surface area contributed by atoms with E-state index >= 15 is 0 Å². The maximum absolute atomic E-state index is 11.7. The second kappa shape index (κ2) is 5.73. The Morgan fingerprint density at radius 2 is 2.10 bits per heavy atom. The molecule has 0 amide bonds. The van der Waals surface area contributed by atoms with Gasteiger partial charge in [0.25, 0.3) is 0 Å². The minimum atomic E-state index is -3.08.